The Kier molecular flexibility index (Phi) is 6.68. The van der Waals surface area contributed by atoms with Gasteiger partial charge in [-0.1, -0.05) is 42.5 Å². The topological polar surface area (TPSA) is 61.8 Å². The van der Waals surface area contributed by atoms with Gasteiger partial charge in [-0.15, -0.1) is 0 Å². The van der Waals surface area contributed by atoms with Gasteiger partial charge in [-0.3, -0.25) is 9.59 Å². The Bertz CT molecular complexity index is 799. The van der Waals surface area contributed by atoms with Crippen molar-refractivity contribution >= 4 is 22.7 Å². The maximum Gasteiger partial charge on any atom is 0.323 e. The van der Waals surface area contributed by atoms with Gasteiger partial charge < -0.3 is 14.2 Å². The standard InChI is InChI=1S/C23H28O5/c1-3-26-21(24)23(22(25)27-4-2,16-19-12-8-14-28-19)15-18-11-7-10-17-9-5-6-13-20(17)18/h5-7,9-11,13,19H,3-4,8,12,14-16H2,1-2H3/t19-/m0/s1. The third-order valence-corrected chi connectivity index (χ3v) is 5.30. The van der Waals surface area contributed by atoms with Gasteiger partial charge in [0.25, 0.3) is 0 Å². The van der Waals surface area contributed by atoms with Crippen molar-refractivity contribution in [1.29, 1.82) is 0 Å². The molecule has 5 heteroatoms. The van der Waals surface area contributed by atoms with Gasteiger partial charge in [0.2, 0.25) is 0 Å². The summed E-state index contributed by atoms with van der Waals surface area (Å²) in [6, 6.07) is 13.9. The van der Waals surface area contributed by atoms with Gasteiger partial charge in [0.05, 0.1) is 19.3 Å². The van der Waals surface area contributed by atoms with Crippen LogP contribution in [0.3, 0.4) is 0 Å². The molecule has 2 aromatic rings. The molecule has 0 saturated carbocycles. The summed E-state index contributed by atoms with van der Waals surface area (Å²) in [6.45, 7) is 4.57. The van der Waals surface area contributed by atoms with E-state index in [-0.39, 0.29) is 32.2 Å². The first kappa shape index (κ1) is 20.3. The van der Waals surface area contributed by atoms with Gasteiger partial charge in [0.15, 0.2) is 5.41 Å². The van der Waals surface area contributed by atoms with Crippen LogP contribution in [0.15, 0.2) is 42.5 Å². The SMILES string of the molecule is CCOC(=O)C(Cc1cccc2ccccc12)(C[C@@H]1CCCO1)C(=O)OCC. The summed E-state index contributed by atoms with van der Waals surface area (Å²) in [6.07, 6.45) is 2.11. The molecule has 150 valence electrons. The minimum absolute atomic E-state index is 0.149. The predicted octanol–water partition coefficient (Wildman–Crippen LogP) is 4.06. The second-order valence-corrected chi connectivity index (χ2v) is 7.18. The molecule has 1 fully saturated rings. The molecule has 0 aromatic heterocycles. The van der Waals surface area contributed by atoms with Crippen molar-refractivity contribution in [2.45, 2.75) is 45.6 Å². The molecule has 0 bridgehead atoms. The van der Waals surface area contributed by atoms with Crippen LogP contribution < -0.4 is 0 Å². The van der Waals surface area contributed by atoms with Crippen LogP contribution in [0.25, 0.3) is 10.8 Å². The van der Waals surface area contributed by atoms with Crippen molar-refractivity contribution in [3.05, 3.63) is 48.0 Å². The van der Waals surface area contributed by atoms with Gasteiger partial charge in [0.1, 0.15) is 0 Å². The summed E-state index contributed by atoms with van der Waals surface area (Å²) < 4.78 is 16.5. The van der Waals surface area contributed by atoms with Gasteiger partial charge >= 0.3 is 11.9 Å². The average molecular weight is 384 g/mol. The zero-order valence-corrected chi connectivity index (χ0v) is 16.6. The molecule has 0 aliphatic carbocycles. The number of hydrogen-bond acceptors (Lipinski definition) is 5. The lowest BCUT2D eigenvalue weighted by molar-refractivity contribution is -0.174. The summed E-state index contributed by atoms with van der Waals surface area (Å²) in [5.41, 5.74) is -0.484. The highest BCUT2D eigenvalue weighted by Gasteiger charge is 2.51. The fourth-order valence-corrected chi connectivity index (χ4v) is 3.97. The lowest BCUT2D eigenvalue weighted by atomic mass is 9.75. The molecule has 5 nitrogen and oxygen atoms in total. The molecule has 1 aliphatic heterocycles. The van der Waals surface area contributed by atoms with Crippen LogP contribution in [0.2, 0.25) is 0 Å². The molecule has 28 heavy (non-hydrogen) atoms. The summed E-state index contributed by atoms with van der Waals surface area (Å²) in [4.78, 5) is 26.3. The molecular formula is C23H28O5. The monoisotopic (exact) mass is 384 g/mol. The quantitative estimate of drug-likeness (QED) is 0.507. The van der Waals surface area contributed by atoms with Crippen LogP contribution in [0.1, 0.15) is 38.7 Å². The first-order valence-electron chi connectivity index (χ1n) is 10.0. The van der Waals surface area contributed by atoms with E-state index >= 15 is 0 Å². The summed E-state index contributed by atoms with van der Waals surface area (Å²) in [5.74, 6) is -1.06. The Morgan fingerprint density at radius 2 is 1.71 bits per heavy atom. The second-order valence-electron chi connectivity index (χ2n) is 7.18. The minimum Gasteiger partial charge on any atom is -0.465 e. The van der Waals surface area contributed by atoms with E-state index in [9.17, 15) is 9.59 Å². The molecule has 1 atom stereocenters. The van der Waals surface area contributed by atoms with Gasteiger partial charge in [0, 0.05) is 13.0 Å². The van der Waals surface area contributed by atoms with Gasteiger partial charge in [-0.2, -0.15) is 0 Å². The number of esters is 2. The van der Waals surface area contributed by atoms with Crippen molar-refractivity contribution in [3.63, 3.8) is 0 Å². The molecule has 0 amide bonds. The van der Waals surface area contributed by atoms with E-state index in [1.54, 1.807) is 13.8 Å². The molecule has 2 aromatic carbocycles. The van der Waals surface area contributed by atoms with Crippen molar-refractivity contribution < 1.29 is 23.8 Å². The van der Waals surface area contributed by atoms with Gasteiger partial charge in [-0.05, 0) is 49.4 Å². The molecule has 1 saturated heterocycles. The molecule has 1 heterocycles. The van der Waals surface area contributed by atoms with E-state index in [4.69, 9.17) is 14.2 Å². The van der Waals surface area contributed by atoms with Crippen molar-refractivity contribution in [2.75, 3.05) is 19.8 Å². The van der Waals surface area contributed by atoms with Crippen molar-refractivity contribution in [2.24, 2.45) is 5.41 Å². The number of carbonyl (C=O) groups is 2. The summed E-state index contributed by atoms with van der Waals surface area (Å²) >= 11 is 0. The normalized spacial score (nSPS) is 16.9. The molecule has 1 aliphatic rings. The highest BCUT2D eigenvalue weighted by molar-refractivity contribution is 6.01. The average Bonchev–Trinajstić information content (AvgIpc) is 3.21. The fourth-order valence-electron chi connectivity index (χ4n) is 3.97. The first-order chi connectivity index (χ1) is 13.6. The molecule has 0 N–H and O–H groups in total. The van der Waals surface area contributed by atoms with Crippen LogP contribution in [0, 0.1) is 5.41 Å². The Morgan fingerprint density at radius 3 is 2.36 bits per heavy atom. The summed E-state index contributed by atoms with van der Waals surface area (Å²) in [7, 11) is 0. The molecule has 0 radical (unpaired) electrons. The highest BCUT2D eigenvalue weighted by Crippen LogP contribution is 2.37. The summed E-state index contributed by atoms with van der Waals surface area (Å²) in [5, 5.41) is 2.09. The maximum atomic E-state index is 13.1. The van der Waals surface area contributed by atoms with Crippen LogP contribution in [-0.4, -0.2) is 37.9 Å². The Morgan fingerprint density at radius 1 is 1.04 bits per heavy atom. The first-order valence-corrected chi connectivity index (χ1v) is 10.0. The van der Waals surface area contributed by atoms with Crippen molar-refractivity contribution in [3.8, 4) is 0 Å². The zero-order valence-electron chi connectivity index (χ0n) is 16.6. The zero-order chi connectivity index (χ0) is 20.0. The largest absolute Gasteiger partial charge is 0.465 e. The van der Waals surface area contributed by atoms with Crippen LogP contribution in [0.5, 0.6) is 0 Å². The third kappa shape index (κ3) is 4.20. The second kappa shape index (κ2) is 9.20. The molecule has 0 unspecified atom stereocenters. The highest BCUT2D eigenvalue weighted by atomic mass is 16.6. The third-order valence-electron chi connectivity index (χ3n) is 5.30. The van der Waals surface area contributed by atoms with E-state index in [1.807, 2.05) is 42.5 Å². The lowest BCUT2D eigenvalue weighted by Crippen LogP contribution is -2.46. The predicted molar refractivity (Wildman–Crippen MR) is 107 cm³/mol. The number of benzene rings is 2. The Labute approximate surface area is 166 Å². The number of fused-ring (bicyclic) bond motifs is 1. The fraction of sp³-hybridized carbons (Fsp3) is 0.478. The van der Waals surface area contributed by atoms with Crippen LogP contribution in [-0.2, 0) is 30.2 Å². The van der Waals surface area contributed by atoms with E-state index < -0.39 is 17.4 Å². The number of carbonyl (C=O) groups excluding carboxylic acids is 2. The molecular weight excluding hydrogens is 356 g/mol. The molecule has 0 spiro atoms. The number of rotatable bonds is 8. The van der Waals surface area contributed by atoms with Crippen molar-refractivity contribution in [1.82, 2.24) is 0 Å². The maximum absolute atomic E-state index is 13.1. The van der Waals surface area contributed by atoms with E-state index in [0.717, 1.165) is 29.2 Å². The Hall–Kier alpha value is -2.40. The van der Waals surface area contributed by atoms with Gasteiger partial charge in [-0.25, -0.2) is 0 Å². The molecule has 3 rings (SSSR count). The Balaban J connectivity index is 2.06. The number of ether oxygens (including phenoxy) is 3. The van der Waals surface area contributed by atoms with Crippen LogP contribution in [0.4, 0.5) is 0 Å². The lowest BCUT2D eigenvalue weighted by Gasteiger charge is -2.31. The smallest absolute Gasteiger partial charge is 0.323 e. The number of hydrogen-bond donors (Lipinski definition) is 0. The van der Waals surface area contributed by atoms with Crippen LogP contribution >= 0.6 is 0 Å². The minimum atomic E-state index is -1.41. The van der Waals surface area contributed by atoms with E-state index in [2.05, 4.69) is 0 Å². The van der Waals surface area contributed by atoms with E-state index in [0.29, 0.717) is 6.61 Å². The van der Waals surface area contributed by atoms with E-state index in [1.165, 1.54) is 0 Å².